The Morgan fingerprint density at radius 3 is 2.11 bits per heavy atom. The number of aryl methyl sites for hydroxylation is 1. The van der Waals surface area contributed by atoms with Crippen LogP contribution in [0.25, 0.3) is 11.0 Å². The van der Waals surface area contributed by atoms with Crippen molar-refractivity contribution in [2.45, 2.75) is 88.9 Å². The zero-order valence-electron chi connectivity index (χ0n) is 21.0. The maximum atomic E-state index is 11.6. The van der Waals surface area contributed by atoms with Crippen molar-refractivity contribution in [3.63, 3.8) is 0 Å². The molecule has 0 aliphatic carbocycles. The second-order valence-corrected chi connectivity index (χ2v) is 11.9. The molecule has 1 aromatic heterocycles. The second kappa shape index (κ2) is 18.3. The molecule has 186 valence electrons. The third kappa shape index (κ3) is 14.7. The van der Waals surface area contributed by atoms with Gasteiger partial charge < -0.3 is 14.1 Å². The minimum absolute atomic E-state index is 0. The van der Waals surface area contributed by atoms with Crippen molar-refractivity contribution in [1.29, 1.82) is 0 Å². The molecule has 0 saturated heterocycles. The van der Waals surface area contributed by atoms with E-state index in [4.69, 9.17) is 12.2 Å². The molecule has 0 saturated carbocycles. The molecule has 8 nitrogen and oxygen atoms in total. The number of H-pyrrole nitrogens is 1. The fraction of sp³-hybridized carbons (Fsp3) is 0.636. The summed E-state index contributed by atoms with van der Waals surface area (Å²) in [7, 11) is -9.00. The number of fused-ring (bicyclic) bond motifs is 1. The first-order chi connectivity index (χ1) is 15.5. The topological polar surface area (TPSA) is 143 Å². The van der Waals surface area contributed by atoms with Gasteiger partial charge in [0.25, 0.3) is 0 Å². The average molecular weight is 595 g/mol. The predicted molar refractivity (Wildman–Crippen MR) is 130 cm³/mol. The molecule has 0 bridgehead atoms. The van der Waals surface area contributed by atoms with E-state index >= 15 is 0 Å². The molecule has 0 aliphatic heterocycles. The molecule has 2 aromatic rings. The Bertz CT molecular complexity index is 1150. The number of rotatable bonds is 16. The van der Waals surface area contributed by atoms with Gasteiger partial charge in [-0.05, 0) is 41.8 Å². The molecular weight excluding hydrogens is 563 g/mol. The Kier molecular flexibility index (Phi) is 19.2. The molecule has 0 unspecified atom stereocenters. The Morgan fingerprint density at radius 2 is 1.54 bits per heavy atom. The standard InChI is InChI=1S/C22H34N2O6S3.2K/c1-2-3-4-5-6-7-8-9-11-18(31)14-17-15-19(33(28,29)30)16-20-22(17)24-21(23-20)12-10-13-32(25,26)27;;/h15-16H,2-14H2,1H3,(H,23,24)(H,25,26,27)(H,28,29,30);;/q;2*+1/p-2. The summed E-state index contributed by atoms with van der Waals surface area (Å²) in [5.74, 6) is -0.0934. The number of aromatic amines is 1. The molecule has 1 N–H and O–H groups in total. The fourth-order valence-electron chi connectivity index (χ4n) is 3.78. The molecular formula is C22H32K2N2O6S3. The van der Waals surface area contributed by atoms with Crippen LogP contribution >= 0.6 is 12.2 Å². The zero-order chi connectivity index (χ0) is 24.5. The number of benzene rings is 1. The van der Waals surface area contributed by atoms with Gasteiger partial charge in [-0.3, -0.25) is 0 Å². The molecule has 0 aliphatic rings. The molecule has 35 heavy (non-hydrogen) atoms. The Hall–Kier alpha value is 1.87. The third-order valence-corrected chi connectivity index (χ3v) is 7.43. The maximum absolute atomic E-state index is 11.6. The van der Waals surface area contributed by atoms with Gasteiger partial charge in [-0.25, -0.2) is 21.8 Å². The molecule has 0 radical (unpaired) electrons. The van der Waals surface area contributed by atoms with Gasteiger partial charge in [0.1, 0.15) is 15.9 Å². The van der Waals surface area contributed by atoms with E-state index < -0.39 is 26.0 Å². The summed E-state index contributed by atoms with van der Waals surface area (Å²) in [5.41, 5.74) is 1.42. The van der Waals surface area contributed by atoms with Gasteiger partial charge in [0, 0.05) is 18.6 Å². The quantitative estimate of drug-likeness (QED) is 0.106. The summed E-state index contributed by atoms with van der Waals surface area (Å²) in [4.78, 5) is 7.78. The van der Waals surface area contributed by atoms with E-state index in [2.05, 4.69) is 16.9 Å². The van der Waals surface area contributed by atoms with Crippen LogP contribution in [0, 0.1) is 0 Å². The average Bonchev–Trinajstić information content (AvgIpc) is 3.11. The van der Waals surface area contributed by atoms with Crippen LogP contribution in [0.5, 0.6) is 0 Å². The van der Waals surface area contributed by atoms with Crippen LogP contribution in [0.2, 0.25) is 0 Å². The van der Waals surface area contributed by atoms with Gasteiger partial charge in [-0.15, -0.1) is 0 Å². The zero-order valence-corrected chi connectivity index (χ0v) is 29.7. The fourth-order valence-corrected chi connectivity index (χ4v) is 5.13. The van der Waals surface area contributed by atoms with Crippen molar-refractivity contribution in [1.82, 2.24) is 9.97 Å². The van der Waals surface area contributed by atoms with Crippen LogP contribution in [-0.4, -0.2) is 46.5 Å². The summed E-state index contributed by atoms with van der Waals surface area (Å²) in [5, 5.41) is 0. The number of nitrogens with one attached hydrogen (secondary N) is 1. The number of hydrogen-bond acceptors (Lipinski definition) is 8. The van der Waals surface area contributed by atoms with Crippen molar-refractivity contribution >= 4 is 48.4 Å². The minimum Gasteiger partial charge on any atom is -0.748 e. The largest absolute Gasteiger partial charge is 1.00 e. The van der Waals surface area contributed by atoms with E-state index in [1.165, 1.54) is 50.7 Å². The molecule has 13 heteroatoms. The van der Waals surface area contributed by atoms with E-state index in [0.717, 1.165) is 24.1 Å². The summed E-state index contributed by atoms with van der Waals surface area (Å²) in [6, 6.07) is 2.54. The smallest absolute Gasteiger partial charge is 0.748 e. The molecule has 0 amide bonds. The Morgan fingerprint density at radius 1 is 0.943 bits per heavy atom. The van der Waals surface area contributed by atoms with E-state index in [-0.39, 0.29) is 121 Å². The number of hydrogen-bond donors (Lipinski definition) is 1. The monoisotopic (exact) mass is 594 g/mol. The summed E-state index contributed by atoms with van der Waals surface area (Å²) in [6.07, 6.45) is 10.8. The van der Waals surface area contributed by atoms with Crippen LogP contribution in [0.15, 0.2) is 17.0 Å². The SMILES string of the molecule is CCCCCCCCCCC(=S)Cc1cc(S(=O)(=O)[O-])cc2[nH]c(CCCS(=O)(=O)[O-])nc12.[K+].[K+]. The number of imidazole rings is 1. The molecule has 0 fully saturated rings. The van der Waals surface area contributed by atoms with Gasteiger partial charge in [0.15, 0.2) is 0 Å². The van der Waals surface area contributed by atoms with E-state index in [1.807, 2.05) is 0 Å². The second-order valence-electron chi connectivity index (χ2n) is 8.42. The summed E-state index contributed by atoms with van der Waals surface area (Å²) < 4.78 is 67.3. The third-order valence-electron chi connectivity index (χ3n) is 5.48. The van der Waals surface area contributed by atoms with Crippen LogP contribution < -0.4 is 103 Å². The van der Waals surface area contributed by atoms with E-state index in [9.17, 15) is 25.9 Å². The van der Waals surface area contributed by atoms with Crippen molar-refractivity contribution in [2.75, 3.05) is 5.75 Å². The first-order valence-electron chi connectivity index (χ1n) is 11.4. The van der Waals surface area contributed by atoms with E-state index in [0.29, 0.717) is 28.8 Å². The van der Waals surface area contributed by atoms with Gasteiger partial charge in [-0.2, -0.15) is 0 Å². The van der Waals surface area contributed by atoms with Gasteiger partial charge >= 0.3 is 103 Å². The first-order valence-corrected chi connectivity index (χ1v) is 14.8. The van der Waals surface area contributed by atoms with Crippen LogP contribution in [0.1, 0.15) is 82.5 Å². The summed E-state index contributed by atoms with van der Waals surface area (Å²) in [6.45, 7) is 2.20. The van der Waals surface area contributed by atoms with Crippen molar-refractivity contribution in [2.24, 2.45) is 0 Å². The van der Waals surface area contributed by atoms with Gasteiger partial charge in [0.2, 0.25) is 0 Å². The number of thiocarbonyl (C=S) groups is 1. The van der Waals surface area contributed by atoms with Gasteiger partial charge in [-0.1, -0.05) is 64.1 Å². The van der Waals surface area contributed by atoms with Crippen LogP contribution in [0.3, 0.4) is 0 Å². The minimum atomic E-state index is -4.68. The maximum Gasteiger partial charge on any atom is 1.00 e. The number of nitrogens with zero attached hydrogens (tertiary/aromatic N) is 1. The number of aromatic nitrogens is 2. The molecule has 2 rings (SSSR count). The van der Waals surface area contributed by atoms with Crippen molar-refractivity contribution < 1.29 is 129 Å². The first kappa shape index (κ1) is 36.9. The molecule has 1 aromatic carbocycles. The van der Waals surface area contributed by atoms with E-state index in [1.54, 1.807) is 0 Å². The molecule has 1 heterocycles. The Balaban J connectivity index is 0.00000578. The molecule has 0 spiro atoms. The normalized spacial score (nSPS) is 11.7. The number of unbranched alkanes of at least 4 members (excludes halogenated alkanes) is 7. The molecule has 0 atom stereocenters. The van der Waals surface area contributed by atoms with Crippen LogP contribution in [0.4, 0.5) is 0 Å². The van der Waals surface area contributed by atoms with Crippen LogP contribution in [-0.2, 0) is 33.1 Å². The van der Waals surface area contributed by atoms with Gasteiger partial charge in [0.05, 0.1) is 26.0 Å². The predicted octanol–water partition coefficient (Wildman–Crippen LogP) is -1.60. The Labute approximate surface area is 299 Å². The summed E-state index contributed by atoms with van der Waals surface area (Å²) >= 11 is 5.52. The van der Waals surface area contributed by atoms with Crippen molar-refractivity contribution in [3.05, 3.63) is 23.5 Å². The van der Waals surface area contributed by atoms with Crippen molar-refractivity contribution in [3.8, 4) is 0 Å².